The van der Waals surface area contributed by atoms with Gasteiger partial charge in [-0.25, -0.2) is 9.78 Å². The number of rotatable bonds is 4. The second-order valence-electron chi connectivity index (χ2n) is 3.88. The number of esters is 1. The van der Waals surface area contributed by atoms with Crippen LogP contribution >= 0.6 is 34.8 Å². The minimum atomic E-state index is -0.845. The Balaban J connectivity index is 2.69. The second kappa shape index (κ2) is 6.93. The summed E-state index contributed by atoms with van der Waals surface area (Å²) in [6.45, 7) is 3.16. The number of hydrogen-bond acceptors (Lipinski definition) is 4. The molecule has 0 radical (unpaired) electrons. The van der Waals surface area contributed by atoms with Gasteiger partial charge in [0.05, 0.1) is 15.1 Å². The first kappa shape index (κ1) is 16.0. The van der Waals surface area contributed by atoms with Gasteiger partial charge in [-0.05, 0) is 13.8 Å². The highest BCUT2D eigenvalue weighted by molar-refractivity contribution is 6.48. The Morgan fingerprint density at radius 2 is 1.95 bits per heavy atom. The molecule has 0 saturated carbocycles. The summed E-state index contributed by atoms with van der Waals surface area (Å²) in [7, 11) is 0. The zero-order valence-corrected chi connectivity index (χ0v) is 12.4. The van der Waals surface area contributed by atoms with Crippen LogP contribution in [0.1, 0.15) is 24.3 Å². The van der Waals surface area contributed by atoms with Crippen molar-refractivity contribution >= 4 is 46.7 Å². The Morgan fingerprint density at radius 1 is 1.32 bits per heavy atom. The summed E-state index contributed by atoms with van der Waals surface area (Å²) in [5.74, 6) is -1.26. The molecular weight excluding hydrogens is 314 g/mol. The molecule has 1 aromatic heterocycles. The minimum Gasteiger partial charge on any atom is -0.451 e. The normalized spacial score (nSPS) is 10.4. The molecule has 19 heavy (non-hydrogen) atoms. The molecule has 1 aromatic rings. The third-order valence-corrected chi connectivity index (χ3v) is 3.14. The van der Waals surface area contributed by atoms with Crippen molar-refractivity contribution in [2.45, 2.75) is 19.9 Å². The van der Waals surface area contributed by atoms with Gasteiger partial charge in [0.15, 0.2) is 12.3 Å². The van der Waals surface area contributed by atoms with E-state index in [2.05, 4.69) is 10.3 Å². The first-order chi connectivity index (χ1) is 8.82. The monoisotopic (exact) mass is 324 g/mol. The Morgan fingerprint density at radius 3 is 2.53 bits per heavy atom. The van der Waals surface area contributed by atoms with Crippen LogP contribution in [0.5, 0.6) is 0 Å². The van der Waals surface area contributed by atoms with Crippen molar-refractivity contribution in [1.29, 1.82) is 0 Å². The lowest BCUT2D eigenvalue weighted by molar-refractivity contribution is -0.124. The van der Waals surface area contributed by atoms with E-state index in [1.807, 2.05) is 0 Å². The first-order valence-corrected chi connectivity index (χ1v) is 6.42. The Labute approximate surface area is 125 Å². The lowest BCUT2D eigenvalue weighted by Gasteiger charge is -2.09. The van der Waals surface area contributed by atoms with E-state index in [0.29, 0.717) is 0 Å². The van der Waals surface area contributed by atoms with Gasteiger partial charge < -0.3 is 10.1 Å². The zero-order valence-electron chi connectivity index (χ0n) is 10.2. The first-order valence-electron chi connectivity index (χ1n) is 5.29. The zero-order chi connectivity index (χ0) is 14.6. The van der Waals surface area contributed by atoms with Crippen molar-refractivity contribution in [2.24, 2.45) is 0 Å². The summed E-state index contributed by atoms with van der Waals surface area (Å²) in [5.41, 5.74) is -0.187. The number of pyridine rings is 1. The summed E-state index contributed by atoms with van der Waals surface area (Å²) >= 11 is 17.3. The predicted molar refractivity (Wildman–Crippen MR) is 72.8 cm³/mol. The third kappa shape index (κ3) is 4.53. The average molecular weight is 326 g/mol. The van der Waals surface area contributed by atoms with E-state index in [1.54, 1.807) is 13.8 Å². The molecule has 0 atom stereocenters. The maximum absolute atomic E-state index is 11.7. The molecule has 1 N–H and O–H groups in total. The van der Waals surface area contributed by atoms with Crippen LogP contribution in [0, 0.1) is 0 Å². The molecule has 1 heterocycles. The Bertz CT molecular complexity index is 506. The molecule has 0 fully saturated rings. The molecule has 0 aromatic carbocycles. The number of carbonyl (C=O) groups is 2. The number of carbonyl (C=O) groups excluding carboxylic acids is 2. The molecule has 1 amide bonds. The highest BCUT2D eigenvalue weighted by Gasteiger charge is 2.19. The molecule has 1 rings (SSSR count). The number of halogens is 3. The maximum atomic E-state index is 11.7. The van der Waals surface area contributed by atoms with E-state index in [9.17, 15) is 9.59 Å². The number of amides is 1. The van der Waals surface area contributed by atoms with E-state index in [1.165, 1.54) is 6.20 Å². The standard InChI is InChI=1S/C11H11Cl3N2O3/c1-5(2)16-7(17)4-19-11(18)10-9(14)8(13)6(12)3-15-10/h3,5H,4H2,1-2H3,(H,16,17). The van der Waals surface area contributed by atoms with E-state index in [-0.39, 0.29) is 26.8 Å². The molecule has 8 heteroatoms. The van der Waals surface area contributed by atoms with E-state index >= 15 is 0 Å². The molecule has 0 spiro atoms. The SMILES string of the molecule is CC(C)NC(=O)COC(=O)c1ncc(Cl)c(Cl)c1Cl. The van der Waals surface area contributed by atoms with Crippen LogP contribution in [-0.2, 0) is 9.53 Å². The number of nitrogens with one attached hydrogen (secondary N) is 1. The molecular formula is C11H11Cl3N2O3. The molecule has 0 bridgehead atoms. The van der Waals surface area contributed by atoms with E-state index < -0.39 is 18.5 Å². The van der Waals surface area contributed by atoms with Crippen molar-refractivity contribution in [1.82, 2.24) is 10.3 Å². The summed E-state index contributed by atoms with van der Waals surface area (Å²) in [4.78, 5) is 26.7. The van der Waals surface area contributed by atoms with Crippen LogP contribution in [0.25, 0.3) is 0 Å². The fourth-order valence-electron chi connectivity index (χ4n) is 1.15. The van der Waals surface area contributed by atoms with Crippen LogP contribution in [0.15, 0.2) is 6.20 Å². The lowest BCUT2D eigenvalue weighted by Crippen LogP contribution is -2.34. The van der Waals surface area contributed by atoms with Crippen LogP contribution in [-0.4, -0.2) is 29.5 Å². The van der Waals surface area contributed by atoms with Gasteiger partial charge >= 0.3 is 5.97 Å². The van der Waals surface area contributed by atoms with Crippen molar-refractivity contribution in [3.8, 4) is 0 Å². The molecule has 0 aliphatic heterocycles. The predicted octanol–water partition coefficient (Wildman–Crippen LogP) is 2.72. The summed E-state index contributed by atoms with van der Waals surface area (Å²) in [5, 5.41) is 2.60. The van der Waals surface area contributed by atoms with Crippen molar-refractivity contribution in [3.05, 3.63) is 27.0 Å². The van der Waals surface area contributed by atoms with E-state index in [4.69, 9.17) is 39.5 Å². The quantitative estimate of drug-likeness (QED) is 0.864. The number of ether oxygens (including phenoxy) is 1. The molecule has 0 unspecified atom stereocenters. The van der Waals surface area contributed by atoms with Gasteiger partial charge in [0.2, 0.25) is 0 Å². The van der Waals surface area contributed by atoms with E-state index in [0.717, 1.165) is 0 Å². The molecule has 0 aliphatic carbocycles. The van der Waals surface area contributed by atoms with Gasteiger partial charge in [-0.1, -0.05) is 34.8 Å². The smallest absolute Gasteiger partial charge is 0.359 e. The molecule has 0 aliphatic rings. The third-order valence-electron chi connectivity index (χ3n) is 1.89. The van der Waals surface area contributed by atoms with Gasteiger partial charge in [-0.15, -0.1) is 0 Å². The van der Waals surface area contributed by atoms with Gasteiger partial charge in [0.25, 0.3) is 5.91 Å². The lowest BCUT2D eigenvalue weighted by atomic mass is 10.3. The fourth-order valence-corrected chi connectivity index (χ4v) is 1.71. The number of nitrogens with zero attached hydrogens (tertiary/aromatic N) is 1. The van der Waals surface area contributed by atoms with Crippen molar-refractivity contribution in [2.75, 3.05) is 6.61 Å². The largest absolute Gasteiger partial charge is 0.451 e. The van der Waals surface area contributed by atoms with Gasteiger partial charge in [0.1, 0.15) is 0 Å². The van der Waals surface area contributed by atoms with Crippen molar-refractivity contribution < 1.29 is 14.3 Å². The fraction of sp³-hybridized carbons (Fsp3) is 0.364. The molecule has 104 valence electrons. The number of aromatic nitrogens is 1. The van der Waals surface area contributed by atoms with Crippen LogP contribution in [0.2, 0.25) is 15.1 Å². The Hall–Kier alpha value is -1.04. The van der Waals surface area contributed by atoms with Gasteiger partial charge in [-0.2, -0.15) is 0 Å². The van der Waals surface area contributed by atoms with Gasteiger partial charge in [-0.3, -0.25) is 4.79 Å². The maximum Gasteiger partial charge on any atom is 0.359 e. The van der Waals surface area contributed by atoms with Crippen molar-refractivity contribution in [3.63, 3.8) is 0 Å². The van der Waals surface area contributed by atoms with Crippen LogP contribution in [0.3, 0.4) is 0 Å². The van der Waals surface area contributed by atoms with Crippen LogP contribution in [0.4, 0.5) is 0 Å². The summed E-state index contributed by atoms with van der Waals surface area (Å²) in [6, 6.07) is -0.0436. The molecule has 5 nitrogen and oxygen atoms in total. The average Bonchev–Trinajstić information content (AvgIpc) is 2.32. The summed E-state index contributed by atoms with van der Waals surface area (Å²) < 4.78 is 4.77. The van der Waals surface area contributed by atoms with Crippen LogP contribution < -0.4 is 5.32 Å². The Kier molecular flexibility index (Phi) is 5.85. The highest BCUT2D eigenvalue weighted by atomic mass is 35.5. The minimum absolute atomic E-state index is 0.0110. The second-order valence-corrected chi connectivity index (χ2v) is 5.04. The number of hydrogen-bond donors (Lipinski definition) is 1. The van der Waals surface area contributed by atoms with Gasteiger partial charge in [0, 0.05) is 12.2 Å². The topological polar surface area (TPSA) is 68.3 Å². The summed E-state index contributed by atoms with van der Waals surface area (Å²) in [6.07, 6.45) is 1.18. The highest BCUT2D eigenvalue weighted by Crippen LogP contribution is 2.31. The molecule has 0 saturated heterocycles.